The van der Waals surface area contributed by atoms with Crippen molar-refractivity contribution in [3.8, 4) is 11.5 Å². The van der Waals surface area contributed by atoms with Crippen molar-refractivity contribution in [3.63, 3.8) is 0 Å². The zero-order valence-corrected chi connectivity index (χ0v) is 31.8. The molecule has 0 aliphatic heterocycles. The molecule has 1 amide bonds. The van der Waals surface area contributed by atoms with Gasteiger partial charge in [0.2, 0.25) is 10.0 Å². The van der Waals surface area contributed by atoms with Gasteiger partial charge in [-0.2, -0.15) is 0 Å². The lowest BCUT2D eigenvalue weighted by Gasteiger charge is -2.26. The van der Waals surface area contributed by atoms with E-state index in [-0.39, 0.29) is 38.1 Å². The smallest absolute Gasteiger partial charge is 0.258 e. The molecule has 0 aliphatic rings. The number of benzene rings is 2. The minimum absolute atomic E-state index is 0.0636. The molecule has 2 rings (SSSR count). The number of aliphatic hydroxyl groups excluding tert-OH is 1. The fraction of sp³-hybridized carbons (Fsp3) is 0.552. The molecule has 0 saturated heterocycles. The van der Waals surface area contributed by atoms with E-state index in [4.69, 9.17) is 30.5 Å². The number of aliphatic hydroxyl groups is 1. The first-order chi connectivity index (χ1) is 20.4. The van der Waals surface area contributed by atoms with Gasteiger partial charge in [-0.25, -0.2) is 12.7 Å². The monoisotopic (exact) mass is 752 g/mol. The molecule has 248 valence electrons. The number of anilines is 1. The maximum absolute atomic E-state index is 12.9. The number of hydrogen-bond acceptors (Lipinski definition) is 8. The maximum Gasteiger partial charge on any atom is 0.258 e. The third kappa shape index (κ3) is 14.6. The van der Waals surface area contributed by atoms with E-state index in [1.54, 1.807) is 30.3 Å². The standard InChI is InChI=1S/C29H46BrClN2O8SSi2/c1-42(36,37)33(20-38-12-14-43(2,3)4)25-16-22(8-10-28(25)41-21-39-13-15-44(5,6)7)26(34)18-32-29(35)19-40-27-11-9-23(30)17-24(27)31/h8-11,16-17,26,34H,12-15,18-21H2,1-7H3,(H,32,35)/t26-/m0/s1. The number of rotatable bonds is 19. The number of nitrogens with zero attached hydrogens (tertiary/aromatic N) is 1. The van der Waals surface area contributed by atoms with Crippen molar-refractivity contribution in [1.82, 2.24) is 5.32 Å². The summed E-state index contributed by atoms with van der Waals surface area (Å²) in [5.74, 6) is 0.146. The molecule has 1 atom stereocenters. The van der Waals surface area contributed by atoms with Crippen molar-refractivity contribution >= 4 is 65.3 Å². The summed E-state index contributed by atoms with van der Waals surface area (Å²) in [6.07, 6.45) is -0.0605. The molecule has 10 nitrogen and oxygen atoms in total. The molecule has 0 unspecified atom stereocenters. The number of ether oxygens (including phenoxy) is 4. The largest absolute Gasteiger partial charge is 0.482 e. The van der Waals surface area contributed by atoms with Gasteiger partial charge in [-0.1, -0.05) is 72.9 Å². The first kappa shape index (κ1) is 38.5. The SMILES string of the molecule is C[Si](C)(C)CCOCOc1ccc([C@@H](O)CNC(=O)COc2ccc(Br)cc2Cl)cc1N(COCC[Si](C)(C)C)S(C)(=O)=O. The molecule has 2 aromatic carbocycles. The van der Waals surface area contributed by atoms with Gasteiger partial charge in [0.05, 0.1) is 23.1 Å². The van der Waals surface area contributed by atoms with Crippen LogP contribution in [0, 0.1) is 0 Å². The highest BCUT2D eigenvalue weighted by atomic mass is 79.9. The minimum Gasteiger partial charge on any atom is -0.482 e. The van der Waals surface area contributed by atoms with Gasteiger partial charge < -0.3 is 29.4 Å². The van der Waals surface area contributed by atoms with Crippen molar-refractivity contribution in [2.75, 3.05) is 50.5 Å². The second kappa shape index (κ2) is 17.3. The second-order valence-electron chi connectivity index (χ2n) is 12.9. The first-order valence-corrected chi connectivity index (χ1v) is 24.7. The Kier molecular flexibility index (Phi) is 15.2. The Bertz CT molecular complexity index is 1340. The highest BCUT2D eigenvalue weighted by molar-refractivity contribution is 9.10. The molecule has 0 heterocycles. The normalized spacial score (nSPS) is 13.0. The summed E-state index contributed by atoms with van der Waals surface area (Å²) < 4.78 is 50.5. The molecular formula is C29H46BrClN2O8SSi2. The Labute approximate surface area is 277 Å². The quantitative estimate of drug-likeness (QED) is 0.100. The first-order valence-electron chi connectivity index (χ1n) is 14.3. The van der Waals surface area contributed by atoms with Crippen molar-refractivity contribution in [2.45, 2.75) is 57.5 Å². The van der Waals surface area contributed by atoms with Gasteiger partial charge in [0.15, 0.2) is 13.4 Å². The molecule has 0 aromatic heterocycles. The molecule has 0 fully saturated rings. The van der Waals surface area contributed by atoms with E-state index in [1.165, 1.54) is 6.07 Å². The molecule has 0 bridgehead atoms. The topological polar surface area (TPSA) is 124 Å². The van der Waals surface area contributed by atoms with Crippen LogP contribution >= 0.6 is 27.5 Å². The Hall–Kier alpha value is -1.66. The maximum atomic E-state index is 12.9. The highest BCUT2D eigenvalue weighted by Crippen LogP contribution is 2.33. The van der Waals surface area contributed by atoms with Gasteiger partial charge in [-0.3, -0.25) is 4.79 Å². The molecule has 2 aromatic rings. The van der Waals surface area contributed by atoms with Gasteiger partial charge in [0.1, 0.15) is 18.2 Å². The van der Waals surface area contributed by atoms with Gasteiger partial charge in [0.25, 0.3) is 5.91 Å². The van der Waals surface area contributed by atoms with Gasteiger partial charge in [-0.05, 0) is 48.0 Å². The molecule has 2 N–H and O–H groups in total. The number of carbonyl (C=O) groups excluding carboxylic acids is 1. The summed E-state index contributed by atoms with van der Waals surface area (Å²) in [6, 6.07) is 11.6. The summed E-state index contributed by atoms with van der Waals surface area (Å²) in [5.41, 5.74) is 0.574. The molecule has 0 radical (unpaired) electrons. The average Bonchev–Trinajstić information content (AvgIpc) is 2.89. The lowest BCUT2D eigenvalue weighted by atomic mass is 10.1. The van der Waals surface area contributed by atoms with Crippen LogP contribution in [0.4, 0.5) is 5.69 Å². The average molecular weight is 754 g/mol. The Morgan fingerprint density at radius 3 is 2.18 bits per heavy atom. The molecule has 0 aliphatic carbocycles. The van der Waals surface area contributed by atoms with E-state index in [9.17, 15) is 18.3 Å². The highest BCUT2D eigenvalue weighted by Gasteiger charge is 2.24. The summed E-state index contributed by atoms with van der Waals surface area (Å²) in [6.45, 7) is 13.6. The summed E-state index contributed by atoms with van der Waals surface area (Å²) in [5, 5.41) is 13.9. The fourth-order valence-electron chi connectivity index (χ4n) is 3.59. The van der Waals surface area contributed by atoms with E-state index in [0.717, 1.165) is 27.1 Å². The van der Waals surface area contributed by atoms with Gasteiger partial charge >= 0.3 is 0 Å². The number of sulfonamides is 1. The van der Waals surface area contributed by atoms with Crippen LogP contribution in [0.5, 0.6) is 11.5 Å². The minimum atomic E-state index is -3.80. The van der Waals surface area contributed by atoms with Crippen molar-refractivity contribution < 1.29 is 37.3 Å². The zero-order valence-electron chi connectivity index (χ0n) is 26.6. The fourth-order valence-corrected chi connectivity index (χ4v) is 6.59. The summed E-state index contributed by atoms with van der Waals surface area (Å²) in [4.78, 5) is 12.4. The number of hydrogen-bond donors (Lipinski definition) is 2. The number of amides is 1. The van der Waals surface area contributed by atoms with E-state index in [2.05, 4.69) is 60.5 Å². The Balaban J connectivity index is 2.17. The molecular weight excluding hydrogens is 708 g/mol. The Morgan fingerprint density at radius 1 is 0.977 bits per heavy atom. The zero-order chi connectivity index (χ0) is 33.1. The lowest BCUT2D eigenvalue weighted by molar-refractivity contribution is -0.123. The molecule has 15 heteroatoms. The van der Waals surface area contributed by atoms with Crippen LogP contribution in [0.1, 0.15) is 11.7 Å². The van der Waals surface area contributed by atoms with Crippen molar-refractivity contribution in [3.05, 3.63) is 51.5 Å². The van der Waals surface area contributed by atoms with Crippen LogP contribution in [-0.4, -0.2) is 81.7 Å². The predicted octanol–water partition coefficient (Wildman–Crippen LogP) is 6.10. The van der Waals surface area contributed by atoms with Crippen LogP contribution < -0.4 is 19.1 Å². The Morgan fingerprint density at radius 2 is 1.59 bits per heavy atom. The van der Waals surface area contributed by atoms with Crippen LogP contribution in [0.15, 0.2) is 40.9 Å². The summed E-state index contributed by atoms with van der Waals surface area (Å²) >= 11 is 9.45. The molecule has 0 spiro atoms. The number of halogens is 2. The van der Waals surface area contributed by atoms with Gasteiger partial charge in [-0.15, -0.1) is 0 Å². The number of nitrogens with one attached hydrogen (secondary N) is 1. The van der Waals surface area contributed by atoms with Crippen LogP contribution in [0.3, 0.4) is 0 Å². The van der Waals surface area contributed by atoms with Crippen LogP contribution in [0.25, 0.3) is 0 Å². The second-order valence-corrected chi connectivity index (χ2v) is 27.3. The van der Waals surface area contributed by atoms with Crippen molar-refractivity contribution in [1.29, 1.82) is 0 Å². The van der Waals surface area contributed by atoms with Crippen LogP contribution in [-0.2, 0) is 24.3 Å². The van der Waals surface area contributed by atoms with E-state index in [1.807, 2.05) is 0 Å². The lowest BCUT2D eigenvalue weighted by Crippen LogP contribution is -2.34. The summed E-state index contributed by atoms with van der Waals surface area (Å²) in [7, 11) is -6.48. The van der Waals surface area contributed by atoms with E-state index in [0.29, 0.717) is 29.5 Å². The van der Waals surface area contributed by atoms with E-state index < -0.39 is 38.2 Å². The van der Waals surface area contributed by atoms with Crippen LogP contribution in [0.2, 0.25) is 56.4 Å². The van der Waals surface area contributed by atoms with Gasteiger partial charge in [0, 0.05) is 40.4 Å². The van der Waals surface area contributed by atoms with E-state index >= 15 is 0 Å². The number of carbonyl (C=O) groups is 1. The molecule has 0 saturated carbocycles. The third-order valence-electron chi connectivity index (χ3n) is 6.28. The third-order valence-corrected chi connectivity index (χ3v) is 11.6. The molecule has 44 heavy (non-hydrogen) atoms. The van der Waals surface area contributed by atoms with Crippen molar-refractivity contribution in [2.24, 2.45) is 0 Å². The predicted molar refractivity (Wildman–Crippen MR) is 185 cm³/mol.